The van der Waals surface area contributed by atoms with Gasteiger partial charge in [-0.1, -0.05) is 26.8 Å². The number of nitrogens with two attached hydrogens (primary N) is 1. The Morgan fingerprint density at radius 1 is 1.36 bits per heavy atom. The fraction of sp³-hybridized carbons (Fsp3) is 0.647. The summed E-state index contributed by atoms with van der Waals surface area (Å²) in [6.07, 6.45) is 0. The summed E-state index contributed by atoms with van der Waals surface area (Å²) in [5.41, 5.74) is 8.61. The van der Waals surface area contributed by atoms with E-state index in [2.05, 4.69) is 70.9 Å². The zero-order chi connectivity index (χ0) is 16.8. The Balaban J connectivity index is 2.33. The van der Waals surface area contributed by atoms with Crippen LogP contribution in [0, 0.1) is 0 Å². The summed E-state index contributed by atoms with van der Waals surface area (Å²) in [6.45, 7) is 14.2. The minimum atomic E-state index is -1.81. The Morgan fingerprint density at radius 2 is 2.00 bits per heavy atom. The van der Waals surface area contributed by atoms with Crippen molar-refractivity contribution >= 4 is 25.8 Å². The molecule has 0 spiro atoms. The Bertz CT molecular complexity index is 556. The number of fused-ring (bicyclic) bond motifs is 1. The average Bonchev–Trinajstić information content (AvgIpc) is 2.42. The van der Waals surface area contributed by atoms with Gasteiger partial charge in [-0.15, -0.1) is 11.8 Å². The van der Waals surface area contributed by atoms with Crippen molar-refractivity contribution in [2.45, 2.75) is 56.5 Å². The molecule has 22 heavy (non-hydrogen) atoms. The summed E-state index contributed by atoms with van der Waals surface area (Å²) in [5, 5.41) is 0.205. The van der Waals surface area contributed by atoms with Crippen molar-refractivity contribution in [1.82, 2.24) is 0 Å². The van der Waals surface area contributed by atoms with Crippen molar-refractivity contribution in [3.8, 4) is 5.75 Å². The average molecular weight is 339 g/mol. The molecule has 1 heterocycles. The van der Waals surface area contributed by atoms with Gasteiger partial charge in [0, 0.05) is 31.1 Å². The van der Waals surface area contributed by atoms with Crippen LogP contribution in [0.25, 0.3) is 0 Å². The Morgan fingerprint density at radius 3 is 2.55 bits per heavy atom. The molecule has 0 bridgehead atoms. The molecule has 1 aliphatic rings. The first-order chi connectivity index (χ1) is 10.00. The molecule has 0 fully saturated rings. The minimum absolute atomic E-state index is 0.0391. The molecule has 5 heteroatoms. The maximum Gasteiger partial charge on any atom is 0.250 e. The van der Waals surface area contributed by atoms with Gasteiger partial charge in [0.1, 0.15) is 5.75 Å². The molecule has 0 unspecified atom stereocenters. The van der Waals surface area contributed by atoms with Crippen LogP contribution in [0.5, 0.6) is 5.75 Å². The summed E-state index contributed by atoms with van der Waals surface area (Å²) in [4.78, 5) is 2.26. The minimum Gasteiger partial charge on any atom is -0.543 e. The van der Waals surface area contributed by atoms with Gasteiger partial charge >= 0.3 is 0 Å². The van der Waals surface area contributed by atoms with Crippen LogP contribution in [0.4, 0.5) is 5.69 Å². The van der Waals surface area contributed by atoms with E-state index in [1.807, 2.05) is 11.8 Å². The molecule has 0 aromatic heterocycles. The molecule has 1 atom stereocenters. The maximum atomic E-state index is 6.46. The number of nitrogens with zero attached hydrogens (tertiary/aromatic N) is 1. The van der Waals surface area contributed by atoms with E-state index in [0.717, 1.165) is 11.5 Å². The molecular formula is C17H30N2OSSi. The summed E-state index contributed by atoms with van der Waals surface area (Å²) in [6, 6.07) is 6.53. The standard InChI is InChI=1S/C17H30N2OSSi/c1-16(2,3)22(6,7)20-14-9-8-13-11-21-17(4,12-18)19(5)15(13)10-14/h8-10H,11-12,18H2,1-7H3/t17-/m0/s1. The lowest BCUT2D eigenvalue weighted by Gasteiger charge is -2.44. The second-order valence-electron chi connectivity index (χ2n) is 7.88. The van der Waals surface area contributed by atoms with Crippen LogP contribution in [-0.4, -0.2) is 26.8 Å². The predicted octanol–water partition coefficient (Wildman–Crippen LogP) is 4.43. The Labute approximate surface area is 140 Å². The number of thioether (sulfide) groups is 1. The van der Waals surface area contributed by atoms with Crippen molar-refractivity contribution < 1.29 is 4.43 Å². The molecule has 2 N–H and O–H groups in total. The van der Waals surface area contributed by atoms with Gasteiger partial charge < -0.3 is 15.1 Å². The first-order valence-electron chi connectivity index (χ1n) is 7.90. The molecule has 1 aliphatic heterocycles. The van der Waals surface area contributed by atoms with Gasteiger partial charge in [-0.25, -0.2) is 0 Å². The second kappa shape index (κ2) is 5.76. The van der Waals surface area contributed by atoms with Gasteiger partial charge in [-0.2, -0.15) is 0 Å². The molecule has 0 saturated heterocycles. The van der Waals surface area contributed by atoms with Crippen LogP contribution in [0.3, 0.4) is 0 Å². The number of rotatable bonds is 3. The number of anilines is 1. The molecule has 0 radical (unpaired) electrons. The van der Waals surface area contributed by atoms with Crippen molar-refractivity contribution in [2.75, 3.05) is 18.5 Å². The van der Waals surface area contributed by atoms with Gasteiger partial charge in [0.05, 0.1) is 4.87 Å². The molecule has 1 aromatic rings. The van der Waals surface area contributed by atoms with Gasteiger partial charge in [0.15, 0.2) is 0 Å². The maximum absolute atomic E-state index is 6.46. The van der Waals surface area contributed by atoms with Crippen molar-refractivity contribution in [1.29, 1.82) is 0 Å². The first-order valence-corrected chi connectivity index (χ1v) is 11.8. The zero-order valence-corrected chi connectivity index (χ0v) is 16.8. The van der Waals surface area contributed by atoms with E-state index in [0.29, 0.717) is 6.54 Å². The fourth-order valence-electron chi connectivity index (χ4n) is 2.27. The van der Waals surface area contributed by atoms with E-state index < -0.39 is 8.32 Å². The highest BCUT2D eigenvalue weighted by Gasteiger charge is 2.39. The summed E-state index contributed by atoms with van der Waals surface area (Å²) in [7, 11) is 0.327. The summed E-state index contributed by atoms with van der Waals surface area (Å²) < 4.78 is 6.46. The Kier molecular flexibility index (Phi) is 4.64. The van der Waals surface area contributed by atoms with Crippen molar-refractivity contribution in [3.63, 3.8) is 0 Å². The number of likely N-dealkylation sites (N-methyl/N-ethyl adjacent to an activating group) is 1. The first kappa shape index (κ1) is 17.7. The second-order valence-corrected chi connectivity index (χ2v) is 14.1. The number of benzene rings is 1. The smallest absolute Gasteiger partial charge is 0.250 e. The normalized spacial score (nSPS) is 22.5. The molecule has 124 valence electrons. The lowest BCUT2D eigenvalue weighted by molar-refractivity contribution is 0.491. The number of hydrogen-bond acceptors (Lipinski definition) is 4. The van der Waals surface area contributed by atoms with Gasteiger partial charge in [-0.3, -0.25) is 0 Å². The predicted molar refractivity (Wildman–Crippen MR) is 101 cm³/mol. The van der Waals surface area contributed by atoms with E-state index in [1.165, 1.54) is 11.3 Å². The topological polar surface area (TPSA) is 38.5 Å². The van der Waals surface area contributed by atoms with Crippen molar-refractivity contribution in [3.05, 3.63) is 23.8 Å². The highest BCUT2D eigenvalue weighted by atomic mass is 32.2. The molecule has 3 nitrogen and oxygen atoms in total. The molecule has 1 aromatic carbocycles. The third-order valence-electron chi connectivity index (χ3n) is 5.22. The van der Waals surface area contributed by atoms with Crippen LogP contribution in [0.2, 0.25) is 18.1 Å². The van der Waals surface area contributed by atoms with Crippen LogP contribution in [0.15, 0.2) is 18.2 Å². The van der Waals surface area contributed by atoms with E-state index in [1.54, 1.807) is 0 Å². The quantitative estimate of drug-likeness (QED) is 0.828. The third kappa shape index (κ3) is 3.17. The molecular weight excluding hydrogens is 308 g/mol. The molecule has 2 rings (SSSR count). The van der Waals surface area contributed by atoms with Gasteiger partial charge in [-0.05, 0) is 36.7 Å². The van der Waals surface area contributed by atoms with E-state index in [-0.39, 0.29) is 9.91 Å². The molecule has 0 saturated carbocycles. The van der Waals surface area contributed by atoms with E-state index >= 15 is 0 Å². The highest BCUT2D eigenvalue weighted by Crippen LogP contribution is 2.44. The lowest BCUT2D eigenvalue weighted by Crippen LogP contribution is -2.49. The summed E-state index contributed by atoms with van der Waals surface area (Å²) in [5.74, 6) is 2.00. The summed E-state index contributed by atoms with van der Waals surface area (Å²) >= 11 is 1.91. The zero-order valence-electron chi connectivity index (χ0n) is 15.0. The SMILES string of the molecule is CN1c2cc(O[Si](C)(C)C(C)(C)C)ccc2CS[C@@]1(C)CN. The third-order valence-corrected chi connectivity index (χ3v) is 11.1. The van der Waals surface area contributed by atoms with E-state index in [9.17, 15) is 0 Å². The molecule has 0 aliphatic carbocycles. The monoisotopic (exact) mass is 338 g/mol. The van der Waals surface area contributed by atoms with E-state index in [4.69, 9.17) is 10.2 Å². The van der Waals surface area contributed by atoms with Crippen LogP contribution in [0.1, 0.15) is 33.3 Å². The van der Waals surface area contributed by atoms with Crippen LogP contribution < -0.4 is 15.1 Å². The molecule has 0 amide bonds. The highest BCUT2D eigenvalue weighted by molar-refractivity contribution is 8.00. The Hall–Kier alpha value is -0.653. The van der Waals surface area contributed by atoms with Gasteiger partial charge in [0.25, 0.3) is 0 Å². The van der Waals surface area contributed by atoms with Crippen LogP contribution >= 0.6 is 11.8 Å². The number of hydrogen-bond donors (Lipinski definition) is 1. The van der Waals surface area contributed by atoms with Crippen LogP contribution in [-0.2, 0) is 5.75 Å². The largest absolute Gasteiger partial charge is 0.543 e. The van der Waals surface area contributed by atoms with Crippen molar-refractivity contribution in [2.24, 2.45) is 5.73 Å². The fourth-order valence-corrected chi connectivity index (χ4v) is 4.41. The van der Waals surface area contributed by atoms with Gasteiger partial charge in [0.2, 0.25) is 8.32 Å². The lowest BCUT2D eigenvalue weighted by atomic mass is 10.1.